The van der Waals surface area contributed by atoms with E-state index in [9.17, 15) is 9.18 Å². The Balaban J connectivity index is 1.49. The molecule has 0 aliphatic heterocycles. The van der Waals surface area contributed by atoms with Crippen molar-refractivity contribution in [1.82, 2.24) is 20.3 Å². The number of aromatic nitrogens is 3. The molecule has 0 saturated carbocycles. The molecule has 0 bridgehead atoms. The summed E-state index contributed by atoms with van der Waals surface area (Å²) in [6.45, 7) is 0. The molecule has 2 N–H and O–H groups in total. The van der Waals surface area contributed by atoms with Crippen LogP contribution in [0.2, 0.25) is 0 Å². The molecule has 6 nitrogen and oxygen atoms in total. The van der Waals surface area contributed by atoms with Crippen LogP contribution in [0.1, 0.15) is 10.4 Å². The number of hydrogen-bond donors (Lipinski definition) is 2. The van der Waals surface area contributed by atoms with Gasteiger partial charge in [0, 0.05) is 5.69 Å². The first kappa shape index (κ1) is 17.7. The molecule has 1 amide bonds. The number of carbonyl (C=O) groups is 1. The molecule has 4 aromatic rings. The second-order valence-electron chi connectivity index (χ2n) is 5.92. The van der Waals surface area contributed by atoms with Gasteiger partial charge >= 0.3 is 0 Å². The van der Waals surface area contributed by atoms with Crippen molar-refractivity contribution in [3.63, 3.8) is 0 Å². The number of nitrogens with zero attached hydrogens (tertiary/aromatic N) is 3. The molecule has 0 spiro atoms. The van der Waals surface area contributed by atoms with Gasteiger partial charge in [0.1, 0.15) is 16.9 Å². The van der Waals surface area contributed by atoms with Crippen molar-refractivity contribution in [2.75, 3.05) is 5.32 Å². The molecule has 1 heterocycles. The Bertz CT molecular complexity index is 1180. The van der Waals surface area contributed by atoms with Crippen molar-refractivity contribution >= 4 is 40.0 Å². The number of amides is 1. The molecule has 0 unspecified atom stereocenters. The van der Waals surface area contributed by atoms with Crippen LogP contribution in [0.4, 0.5) is 10.1 Å². The van der Waals surface area contributed by atoms with Gasteiger partial charge in [-0.1, -0.05) is 30.3 Å². The number of benzene rings is 3. The summed E-state index contributed by atoms with van der Waals surface area (Å²) in [6.07, 6.45) is 0. The second kappa shape index (κ2) is 7.53. The first-order valence-corrected chi connectivity index (χ1v) is 8.80. The van der Waals surface area contributed by atoms with Crippen LogP contribution in [0.25, 0.3) is 16.7 Å². The lowest BCUT2D eigenvalue weighted by molar-refractivity contribution is 0.0974. The maximum Gasteiger partial charge on any atom is 0.260 e. The third kappa shape index (κ3) is 3.72. The van der Waals surface area contributed by atoms with Crippen LogP contribution in [0, 0.1) is 5.82 Å². The molecule has 28 heavy (non-hydrogen) atoms. The zero-order valence-corrected chi connectivity index (χ0v) is 15.3. The Morgan fingerprint density at radius 3 is 2.43 bits per heavy atom. The zero-order chi connectivity index (χ0) is 19.5. The Hall–Kier alpha value is -3.65. The molecule has 3 aromatic carbocycles. The van der Waals surface area contributed by atoms with Crippen molar-refractivity contribution in [2.24, 2.45) is 0 Å². The summed E-state index contributed by atoms with van der Waals surface area (Å²) in [4.78, 5) is 13.7. The number of thiocarbonyl (C=S) groups is 1. The van der Waals surface area contributed by atoms with Crippen LogP contribution < -0.4 is 10.6 Å². The minimum absolute atomic E-state index is 0.0584. The number of rotatable bonds is 3. The van der Waals surface area contributed by atoms with E-state index in [0.29, 0.717) is 11.2 Å². The number of fused-ring (bicyclic) bond motifs is 1. The molecule has 138 valence electrons. The molecule has 0 fully saturated rings. The molecular weight excluding hydrogens is 377 g/mol. The zero-order valence-electron chi connectivity index (χ0n) is 14.5. The smallest absolute Gasteiger partial charge is 0.260 e. The Kier molecular flexibility index (Phi) is 4.77. The molecule has 1 aromatic heterocycles. The van der Waals surface area contributed by atoms with Crippen molar-refractivity contribution in [3.05, 3.63) is 84.2 Å². The van der Waals surface area contributed by atoms with Gasteiger partial charge in [-0.15, -0.1) is 10.2 Å². The fourth-order valence-electron chi connectivity index (χ4n) is 2.65. The predicted molar refractivity (Wildman–Crippen MR) is 109 cm³/mol. The Morgan fingerprint density at radius 2 is 1.64 bits per heavy atom. The van der Waals surface area contributed by atoms with E-state index < -0.39 is 11.7 Å². The van der Waals surface area contributed by atoms with E-state index in [4.69, 9.17) is 12.2 Å². The Labute approximate surface area is 165 Å². The first-order valence-electron chi connectivity index (χ1n) is 8.39. The minimum Gasteiger partial charge on any atom is -0.332 e. The highest BCUT2D eigenvalue weighted by molar-refractivity contribution is 7.80. The number of para-hydroxylation sites is 1. The van der Waals surface area contributed by atoms with Crippen molar-refractivity contribution < 1.29 is 9.18 Å². The van der Waals surface area contributed by atoms with E-state index in [-0.39, 0.29) is 10.7 Å². The van der Waals surface area contributed by atoms with E-state index in [1.807, 2.05) is 30.3 Å². The number of carbonyl (C=O) groups excluding carboxylic acids is 1. The summed E-state index contributed by atoms with van der Waals surface area (Å²) in [5.41, 5.74) is 2.79. The van der Waals surface area contributed by atoms with Crippen LogP contribution >= 0.6 is 12.2 Å². The van der Waals surface area contributed by atoms with E-state index in [1.165, 1.54) is 18.2 Å². The van der Waals surface area contributed by atoms with Gasteiger partial charge in [0.05, 0.1) is 11.3 Å². The average molecular weight is 391 g/mol. The molecule has 0 radical (unpaired) electrons. The maximum atomic E-state index is 13.7. The predicted octanol–water partition coefficient (Wildman–Crippen LogP) is 3.69. The van der Waals surface area contributed by atoms with E-state index in [1.54, 1.807) is 29.1 Å². The van der Waals surface area contributed by atoms with Crippen LogP contribution in [-0.4, -0.2) is 26.0 Å². The minimum atomic E-state index is -0.619. The highest BCUT2D eigenvalue weighted by atomic mass is 32.1. The topological polar surface area (TPSA) is 71.8 Å². The number of anilines is 1. The fourth-order valence-corrected chi connectivity index (χ4v) is 2.86. The standard InChI is InChI=1S/C20H14FN5OS/c21-16-9-5-4-8-15(16)19(27)23-20(28)22-13-10-11-17-18(12-13)25-26(24-17)14-6-2-1-3-7-14/h1-12H,(H2,22,23,27,28). The van der Waals surface area contributed by atoms with Crippen LogP contribution in [0.3, 0.4) is 0 Å². The molecule has 0 saturated heterocycles. The lowest BCUT2D eigenvalue weighted by Gasteiger charge is -2.09. The summed E-state index contributed by atoms with van der Waals surface area (Å²) in [7, 11) is 0. The van der Waals surface area contributed by atoms with Crippen molar-refractivity contribution in [1.29, 1.82) is 0 Å². The van der Waals surface area contributed by atoms with Crippen LogP contribution in [-0.2, 0) is 0 Å². The third-order valence-electron chi connectivity index (χ3n) is 3.97. The van der Waals surface area contributed by atoms with Gasteiger partial charge in [-0.25, -0.2) is 4.39 Å². The highest BCUT2D eigenvalue weighted by Crippen LogP contribution is 2.17. The van der Waals surface area contributed by atoms with Gasteiger partial charge in [-0.3, -0.25) is 10.1 Å². The SMILES string of the molecule is O=C(NC(=S)Nc1ccc2nn(-c3ccccc3)nc2c1)c1ccccc1F. The lowest BCUT2D eigenvalue weighted by atomic mass is 10.2. The summed E-state index contributed by atoms with van der Waals surface area (Å²) >= 11 is 5.15. The normalized spacial score (nSPS) is 10.6. The maximum absolute atomic E-state index is 13.7. The summed E-state index contributed by atoms with van der Waals surface area (Å²) < 4.78 is 13.7. The van der Waals surface area contributed by atoms with Crippen LogP contribution in [0.15, 0.2) is 72.8 Å². The van der Waals surface area contributed by atoms with Crippen molar-refractivity contribution in [3.8, 4) is 5.69 Å². The van der Waals surface area contributed by atoms with E-state index >= 15 is 0 Å². The van der Waals surface area contributed by atoms with Gasteiger partial charge < -0.3 is 5.32 Å². The summed E-state index contributed by atoms with van der Waals surface area (Å²) in [6, 6.07) is 20.6. The summed E-state index contributed by atoms with van der Waals surface area (Å²) in [5.74, 6) is -1.23. The Morgan fingerprint density at radius 1 is 0.929 bits per heavy atom. The summed E-state index contributed by atoms with van der Waals surface area (Å²) in [5, 5.41) is 14.3. The van der Waals surface area contributed by atoms with Gasteiger partial charge in [-0.05, 0) is 54.7 Å². The largest absolute Gasteiger partial charge is 0.332 e. The number of halogens is 1. The molecule has 8 heteroatoms. The van der Waals surface area contributed by atoms with Gasteiger partial charge in [0.15, 0.2) is 5.11 Å². The van der Waals surface area contributed by atoms with Crippen LogP contribution in [0.5, 0.6) is 0 Å². The molecular formula is C20H14FN5OS. The number of hydrogen-bond acceptors (Lipinski definition) is 4. The molecule has 0 aliphatic carbocycles. The second-order valence-corrected chi connectivity index (χ2v) is 6.32. The molecule has 4 rings (SSSR count). The highest BCUT2D eigenvalue weighted by Gasteiger charge is 2.13. The number of nitrogens with one attached hydrogen (secondary N) is 2. The van der Waals surface area contributed by atoms with E-state index in [2.05, 4.69) is 20.8 Å². The average Bonchev–Trinajstić information content (AvgIpc) is 3.12. The van der Waals surface area contributed by atoms with Gasteiger partial charge in [0.25, 0.3) is 5.91 Å². The van der Waals surface area contributed by atoms with E-state index in [0.717, 1.165) is 11.2 Å². The van der Waals surface area contributed by atoms with Crippen molar-refractivity contribution in [2.45, 2.75) is 0 Å². The third-order valence-corrected chi connectivity index (χ3v) is 4.17. The molecule has 0 aliphatic rings. The van der Waals surface area contributed by atoms with Gasteiger partial charge in [-0.2, -0.15) is 4.80 Å². The fraction of sp³-hybridized carbons (Fsp3) is 0. The van der Waals surface area contributed by atoms with Gasteiger partial charge in [0.2, 0.25) is 0 Å². The molecule has 0 atom stereocenters. The monoisotopic (exact) mass is 391 g/mol. The lowest BCUT2D eigenvalue weighted by Crippen LogP contribution is -2.34. The quantitative estimate of drug-likeness (QED) is 0.521. The first-order chi connectivity index (χ1) is 13.6.